The van der Waals surface area contributed by atoms with Gasteiger partial charge in [0.15, 0.2) is 0 Å². The molecule has 1 nitrogen and oxygen atoms in total. The van der Waals surface area contributed by atoms with Gasteiger partial charge < -0.3 is 5.73 Å². The number of nitrogens with two attached hydrogens (primary N) is 1. The van der Waals surface area contributed by atoms with E-state index in [0.717, 1.165) is 5.92 Å². The van der Waals surface area contributed by atoms with E-state index in [1.54, 1.807) is 0 Å². The van der Waals surface area contributed by atoms with Crippen molar-refractivity contribution in [3.8, 4) is 0 Å². The monoisotopic (exact) mass is 183 g/mol. The summed E-state index contributed by atoms with van der Waals surface area (Å²) < 4.78 is 0. The summed E-state index contributed by atoms with van der Waals surface area (Å²) in [4.78, 5) is 0. The van der Waals surface area contributed by atoms with E-state index in [1.807, 2.05) is 0 Å². The molecule has 0 bridgehead atoms. The highest BCUT2D eigenvalue weighted by atomic mass is 14.6. The van der Waals surface area contributed by atoms with Gasteiger partial charge in [-0.15, -0.1) is 0 Å². The molecule has 0 aromatic rings. The summed E-state index contributed by atoms with van der Waals surface area (Å²) in [5, 5.41) is 0. The second kappa shape index (κ2) is 4.45. The lowest BCUT2D eigenvalue weighted by Gasteiger charge is -2.33. The lowest BCUT2D eigenvalue weighted by Crippen LogP contribution is -2.26. The predicted molar refractivity (Wildman–Crippen MR) is 58.6 cm³/mol. The van der Waals surface area contributed by atoms with Crippen molar-refractivity contribution < 1.29 is 0 Å². The summed E-state index contributed by atoms with van der Waals surface area (Å²) in [6, 6.07) is 0.487. The summed E-state index contributed by atoms with van der Waals surface area (Å²) in [6.45, 7) is 7.12. The first kappa shape index (κ1) is 11.0. The smallest absolute Gasteiger partial charge is 0.00388 e. The van der Waals surface area contributed by atoms with Crippen LogP contribution in [0.25, 0.3) is 0 Å². The predicted octanol–water partition coefficient (Wildman–Crippen LogP) is 3.33. The van der Waals surface area contributed by atoms with Gasteiger partial charge in [0.05, 0.1) is 0 Å². The van der Waals surface area contributed by atoms with Crippen LogP contribution in [0.3, 0.4) is 0 Å². The summed E-state index contributed by atoms with van der Waals surface area (Å²) in [5.74, 6) is 0.917. The Morgan fingerprint density at radius 1 is 0.923 bits per heavy atom. The zero-order valence-corrected chi connectivity index (χ0v) is 9.47. The number of rotatable bonds is 0. The van der Waals surface area contributed by atoms with E-state index in [4.69, 9.17) is 5.73 Å². The van der Waals surface area contributed by atoms with Gasteiger partial charge in [0.2, 0.25) is 0 Å². The van der Waals surface area contributed by atoms with Crippen molar-refractivity contribution >= 4 is 0 Å². The summed E-state index contributed by atoms with van der Waals surface area (Å²) >= 11 is 0. The Bertz CT molecular complexity index is 136. The molecule has 1 saturated carbocycles. The molecule has 1 aliphatic rings. The van der Waals surface area contributed by atoms with E-state index in [-0.39, 0.29) is 0 Å². The van der Waals surface area contributed by atoms with Gasteiger partial charge in [0.1, 0.15) is 0 Å². The van der Waals surface area contributed by atoms with Crippen LogP contribution in [0, 0.1) is 11.3 Å². The fraction of sp³-hybridized carbons (Fsp3) is 1.00. The van der Waals surface area contributed by atoms with Crippen LogP contribution in [0.4, 0.5) is 0 Å². The average Bonchev–Trinajstić information content (AvgIpc) is 1.93. The van der Waals surface area contributed by atoms with Crippen LogP contribution in [-0.4, -0.2) is 6.04 Å². The molecule has 1 heteroatoms. The SMILES string of the molecule is CC(C)(C)C1CCCC(N)CCC1. The first-order chi connectivity index (χ1) is 6.00. The molecular formula is C12H25N. The third kappa shape index (κ3) is 3.68. The topological polar surface area (TPSA) is 26.0 Å². The third-order valence-electron chi connectivity index (χ3n) is 3.48. The molecule has 1 rings (SSSR count). The van der Waals surface area contributed by atoms with Crippen LogP contribution in [0.5, 0.6) is 0 Å². The summed E-state index contributed by atoms with van der Waals surface area (Å²) in [5.41, 5.74) is 6.46. The zero-order chi connectivity index (χ0) is 9.90. The molecule has 78 valence electrons. The fourth-order valence-electron chi connectivity index (χ4n) is 2.41. The lowest BCUT2D eigenvalue weighted by molar-refractivity contribution is 0.189. The maximum absolute atomic E-state index is 5.96. The maximum atomic E-state index is 5.96. The van der Waals surface area contributed by atoms with E-state index >= 15 is 0 Å². The highest BCUT2D eigenvalue weighted by Gasteiger charge is 2.25. The molecule has 0 radical (unpaired) electrons. The molecule has 0 aromatic heterocycles. The van der Waals surface area contributed by atoms with Gasteiger partial charge in [-0.05, 0) is 37.0 Å². The van der Waals surface area contributed by atoms with Gasteiger partial charge in [-0.1, -0.05) is 33.6 Å². The Balaban J connectivity index is 2.42. The fourth-order valence-corrected chi connectivity index (χ4v) is 2.41. The number of hydrogen-bond acceptors (Lipinski definition) is 1. The van der Waals surface area contributed by atoms with Crippen molar-refractivity contribution in [2.75, 3.05) is 0 Å². The van der Waals surface area contributed by atoms with Crippen LogP contribution < -0.4 is 5.73 Å². The molecule has 0 aromatic carbocycles. The minimum Gasteiger partial charge on any atom is -0.328 e. The van der Waals surface area contributed by atoms with Crippen molar-refractivity contribution in [3.63, 3.8) is 0 Å². The number of hydrogen-bond donors (Lipinski definition) is 1. The molecule has 0 atom stereocenters. The van der Waals surface area contributed by atoms with Crippen LogP contribution in [0.2, 0.25) is 0 Å². The van der Waals surface area contributed by atoms with Crippen molar-refractivity contribution in [3.05, 3.63) is 0 Å². The second-order valence-corrected chi connectivity index (χ2v) is 5.68. The molecule has 0 aliphatic heterocycles. The van der Waals surface area contributed by atoms with E-state index < -0.39 is 0 Å². The highest BCUT2D eigenvalue weighted by molar-refractivity contribution is 4.77. The Kier molecular flexibility index (Phi) is 3.78. The van der Waals surface area contributed by atoms with Crippen molar-refractivity contribution in [1.29, 1.82) is 0 Å². The Morgan fingerprint density at radius 3 is 1.77 bits per heavy atom. The minimum absolute atomic E-state index is 0.487. The Morgan fingerprint density at radius 2 is 1.38 bits per heavy atom. The molecule has 0 unspecified atom stereocenters. The first-order valence-electron chi connectivity index (χ1n) is 5.76. The van der Waals surface area contributed by atoms with E-state index in [0.29, 0.717) is 11.5 Å². The molecule has 2 N–H and O–H groups in total. The minimum atomic E-state index is 0.487. The molecule has 1 fully saturated rings. The van der Waals surface area contributed by atoms with Gasteiger partial charge in [-0.25, -0.2) is 0 Å². The van der Waals surface area contributed by atoms with Gasteiger partial charge in [0, 0.05) is 6.04 Å². The van der Waals surface area contributed by atoms with E-state index in [1.165, 1.54) is 38.5 Å². The maximum Gasteiger partial charge on any atom is 0.00388 e. The highest BCUT2D eigenvalue weighted by Crippen LogP contribution is 2.35. The third-order valence-corrected chi connectivity index (χ3v) is 3.48. The van der Waals surface area contributed by atoms with Crippen molar-refractivity contribution in [2.45, 2.75) is 65.3 Å². The van der Waals surface area contributed by atoms with Gasteiger partial charge in [-0.3, -0.25) is 0 Å². The molecule has 0 amide bonds. The molecule has 0 heterocycles. The van der Waals surface area contributed by atoms with Gasteiger partial charge in [0.25, 0.3) is 0 Å². The second-order valence-electron chi connectivity index (χ2n) is 5.68. The van der Waals surface area contributed by atoms with E-state index in [9.17, 15) is 0 Å². The molecule has 1 aliphatic carbocycles. The summed E-state index contributed by atoms with van der Waals surface area (Å²) in [6.07, 6.45) is 7.93. The normalized spacial score (nSPS) is 32.3. The van der Waals surface area contributed by atoms with Crippen LogP contribution >= 0.6 is 0 Å². The van der Waals surface area contributed by atoms with Crippen LogP contribution in [0.1, 0.15) is 59.3 Å². The molecule has 13 heavy (non-hydrogen) atoms. The van der Waals surface area contributed by atoms with Crippen molar-refractivity contribution in [2.24, 2.45) is 17.1 Å². The standard InChI is InChI=1S/C12H25N/c1-12(2,3)10-6-4-8-11(13)9-5-7-10/h10-11H,4-9,13H2,1-3H3. The van der Waals surface area contributed by atoms with Crippen LogP contribution in [0.15, 0.2) is 0 Å². The molecular weight excluding hydrogens is 158 g/mol. The summed E-state index contributed by atoms with van der Waals surface area (Å²) in [7, 11) is 0. The Labute approximate surface area is 83.1 Å². The first-order valence-corrected chi connectivity index (χ1v) is 5.76. The Hall–Kier alpha value is -0.0400. The average molecular weight is 183 g/mol. The lowest BCUT2D eigenvalue weighted by atomic mass is 9.73. The van der Waals surface area contributed by atoms with Gasteiger partial charge >= 0.3 is 0 Å². The molecule has 0 saturated heterocycles. The molecule has 0 spiro atoms. The van der Waals surface area contributed by atoms with Crippen molar-refractivity contribution in [1.82, 2.24) is 0 Å². The zero-order valence-electron chi connectivity index (χ0n) is 9.47. The van der Waals surface area contributed by atoms with E-state index in [2.05, 4.69) is 20.8 Å². The van der Waals surface area contributed by atoms with Gasteiger partial charge in [-0.2, -0.15) is 0 Å². The quantitative estimate of drug-likeness (QED) is 0.612. The van der Waals surface area contributed by atoms with Crippen LogP contribution in [-0.2, 0) is 0 Å². The largest absolute Gasteiger partial charge is 0.328 e.